The predicted molar refractivity (Wildman–Crippen MR) is 67.9 cm³/mol. The SMILES string of the molecule is CCCCNC(=O)c1cc(OC)c(F)cc1Br. The Labute approximate surface area is 108 Å². The summed E-state index contributed by atoms with van der Waals surface area (Å²) in [5.41, 5.74) is 0.374. The highest BCUT2D eigenvalue weighted by Gasteiger charge is 2.14. The third-order valence-electron chi connectivity index (χ3n) is 2.30. The molecule has 5 heteroatoms. The van der Waals surface area contributed by atoms with E-state index in [4.69, 9.17) is 4.74 Å². The number of carbonyl (C=O) groups is 1. The number of carbonyl (C=O) groups excluding carboxylic acids is 1. The molecule has 0 aliphatic heterocycles. The second-order valence-corrected chi connectivity index (χ2v) is 4.43. The Bertz CT molecular complexity index is 410. The van der Waals surface area contributed by atoms with Crippen LogP contribution in [0.5, 0.6) is 5.75 Å². The van der Waals surface area contributed by atoms with Crippen LogP contribution in [0.2, 0.25) is 0 Å². The molecule has 0 radical (unpaired) electrons. The van der Waals surface area contributed by atoms with Crippen LogP contribution in [0.25, 0.3) is 0 Å². The zero-order valence-corrected chi connectivity index (χ0v) is 11.4. The first kappa shape index (κ1) is 14.0. The molecule has 0 aliphatic carbocycles. The van der Waals surface area contributed by atoms with E-state index in [-0.39, 0.29) is 11.7 Å². The van der Waals surface area contributed by atoms with Crippen LogP contribution in [-0.4, -0.2) is 19.6 Å². The van der Waals surface area contributed by atoms with E-state index in [0.717, 1.165) is 12.8 Å². The third kappa shape index (κ3) is 3.70. The predicted octanol–water partition coefficient (Wildman–Crippen LogP) is 3.13. The summed E-state index contributed by atoms with van der Waals surface area (Å²) in [6, 6.07) is 2.62. The smallest absolute Gasteiger partial charge is 0.252 e. The summed E-state index contributed by atoms with van der Waals surface area (Å²) >= 11 is 3.16. The van der Waals surface area contributed by atoms with Gasteiger partial charge < -0.3 is 10.1 Å². The fraction of sp³-hybridized carbons (Fsp3) is 0.417. The molecule has 1 N–H and O–H groups in total. The molecule has 94 valence electrons. The minimum absolute atomic E-state index is 0.0637. The van der Waals surface area contributed by atoms with Gasteiger partial charge in [0.2, 0.25) is 0 Å². The Morgan fingerprint density at radius 2 is 2.24 bits per heavy atom. The number of halogens is 2. The van der Waals surface area contributed by atoms with Gasteiger partial charge in [-0.3, -0.25) is 4.79 Å². The van der Waals surface area contributed by atoms with E-state index < -0.39 is 5.82 Å². The van der Waals surface area contributed by atoms with Gasteiger partial charge >= 0.3 is 0 Å². The summed E-state index contributed by atoms with van der Waals surface area (Å²) < 4.78 is 18.6. The van der Waals surface area contributed by atoms with E-state index in [2.05, 4.69) is 21.2 Å². The average molecular weight is 304 g/mol. The van der Waals surface area contributed by atoms with E-state index in [1.165, 1.54) is 19.2 Å². The summed E-state index contributed by atoms with van der Waals surface area (Å²) in [5, 5.41) is 2.76. The standard InChI is InChI=1S/C12H15BrFNO2/c1-3-4-5-15-12(16)8-6-11(17-2)10(14)7-9(8)13/h6-7H,3-5H2,1-2H3,(H,15,16). The van der Waals surface area contributed by atoms with Crippen molar-refractivity contribution < 1.29 is 13.9 Å². The quantitative estimate of drug-likeness (QED) is 0.849. The Morgan fingerprint density at radius 3 is 2.82 bits per heavy atom. The fourth-order valence-corrected chi connectivity index (χ4v) is 1.83. The van der Waals surface area contributed by atoms with Gasteiger partial charge in [0.05, 0.1) is 12.7 Å². The molecule has 0 saturated carbocycles. The summed E-state index contributed by atoms with van der Waals surface area (Å²) in [6.45, 7) is 2.66. The molecular formula is C12H15BrFNO2. The van der Waals surface area contributed by atoms with Crippen LogP contribution in [0.3, 0.4) is 0 Å². The van der Waals surface area contributed by atoms with Gasteiger partial charge in [-0.2, -0.15) is 0 Å². The van der Waals surface area contributed by atoms with Crippen LogP contribution in [0, 0.1) is 5.82 Å². The summed E-state index contributed by atoms with van der Waals surface area (Å²) in [5.74, 6) is -0.665. The number of methoxy groups -OCH3 is 1. The van der Waals surface area contributed by atoms with Gasteiger partial charge in [-0.05, 0) is 34.5 Å². The van der Waals surface area contributed by atoms with Crippen LogP contribution in [0.4, 0.5) is 4.39 Å². The molecule has 0 bridgehead atoms. The summed E-state index contributed by atoms with van der Waals surface area (Å²) in [7, 11) is 1.37. The highest BCUT2D eigenvalue weighted by molar-refractivity contribution is 9.10. The van der Waals surface area contributed by atoms with Gasteiger partial charge in [0, 0.05) is 11.0 Å². The Kier molecular flexibility index (Phi) is 5.41. The van der Waals surface area contributed by atoms with Crippen LogP contribution in [-0.2, 0) is 0 Å². The fourth-order valence-electron chi connectivity index (χ4n) is 1.33. The third-order valence-corrected chi connectivity index (χ3v) is 2.96. The lowest BCUT2D eigenvalue weighted by Crippen LogP contribution is -2.24. The number of rotatable bonds is 5. The molecule has 0 heterocycles. The molecule has 0 atom stereocenters. The van der Waals surface area contributed by atoms with Crippen molar-refractivity contribution in [3.05, 3.63) is 28.0 Å². The minimum Gasteiger partial charge on any atom is -0.494 e. The van der Waals surface area contributed by atoms with E-state index in [9.17, 15) is 9.18 Å². The molecule has 0 aliphatic rings. The van der Waals surface area contributed by atoms with Crippen molar-refractivity contribution in [2.45, 2.75) is 19.8 Å². The molecule has 3 nitrogen and oxygen atoms in total. The molecular weight excluding hydrogens is 289 g/mol. The van der Waals surface area contributed by atoms with E-state index >= 15 is 0 Å². The molecule has 0 unspecified atom stereocenters. The van der Waals surface area contributed by atoms with Crippen molar-refractivity contribution in [1.29, 1.82) is 0 Å². The summed E-state index contributed by atoms with van der Waals surface area (Å²) in [4.78, 5) is 11.8. The van der Waals surface area contributed by atoms with Crippen LogP contribution >= 0.6 is 15.9 Å². The maximum atomic E-state index is 13.3. The minimum atomic E-state index is -0.496. The van der Waals surface area contributed by atoms with E-state index in [0.29, 0.717) is 16.6 Å². The Hall–Kier alpha value is -1.10. The topological polar surface area (TPSA) is 38.3 Å². The molecule has 1 aromatic carbocycles. The molecule has 0 aromatic heterocycles. The maximum absolute atomic E-state index is 13.3. The highest BCUT2D eigenvalue weighted by atomic mass is 79.9. The van der Waals surface area contributed by atoms with E-state index in [1.807, 2.05) is 6.92 Å². The lowest BCUT2D eigenvalue weighted by molar-refractivity contribution is 0.0952. The monoisotopic (exact) mass is 303 g/mol. The number of benzene rings is 1. The van der Waals surface area contributed by atoms with Crippen molar-refractivity contribution in [2.24, 2.45) is 0 Å². The molecule has 17 heavy (non-hydrogen) atoms. The molecule has 1 rings (SSSR count). The second-order valence-electron chi connectivity index (χ2n) is 3.58. The number of amides is 1. The van der Waals surface area contributed by atoms with Crippen molar-refractivity contribution in [2.75, 3.05) is 13.7 Å². The first-order chi connectivity index (χ1) is 8.10. The molecule has 0 saturated heterocycles. The largest absolute Gasteiger partial charge is 0.494 e. The van der Waals surface area contributed by atoms with Crippen molar-refractivity contribution in [3.8, 4) is 5.75 Å². The zero-order valence-electron chi connectivity index (χ0n) is 9.85. The number of unbranched alkanes of at least 4 members (excludes halogenated alkanes) is 1. The average Bonchev–Trinajstić information content (AvgIpc) is 2.29. The second kappa shape index (κ2) is 6.59. The number of hydrogen-bond acceptors (Lipinski definition) is 2. The summed E-state index contributed by atoms with van der Waals surface area (Å²) in [6.07, 6.45) is 1.93. The van der Waals surface area contributed by atoms with Gasteiger partial charge in [0.15, 0.2) is 11.6 Å². The molecule has 1 amide bonds. The van der Waals surface area contributed by atoms with Crippen LogP contribution < -0.4 is 10.1 Å². The number of hydrogen-bond donors (Lipinski definition) is 1. The van der Waals surface area contributed by atoms with Gasteiger partial charge in [-0.25, -0.2) is 4.39 Å². The van der Waals surface area contributed by atoms with Gasteiger partial charge in [-0.15, -0.1) is 0 Å². The van der Waals surface area contributed by atoms with Gasteiger partial charge in [-0.1, -0.05) is 13.3 Å². The first-order valence-corrected chi connectivity index (χ1v) is 6.20. The Balaban J connectivity index is 2.85. The number of nitrogens with one attached hydrogen (secondary N) is 1. The normalized spacial score (nSPS) is 10.1. The molecule has 0 fully saturated rings. The van der Waals surface area contributed by atoms with Crippen LogP contribution in [0.1, 0.15) is 30.1 Å². The first-order valence-electron chi connectivity index (χ1n) is 5.41. The van der Waals surface area contributed by atoms with Crippen LogP contribution in [0.15, 0.2) is 16.6 Å². The molecule has 1 aromatic rings. The molecule has 0 spiro atoms. The Morgan fingerprint density at radius 1 is 1.53 bits per heavy atom. The van der Waals surface area contributed by atoms with Gasteiger partial charge in [0.1, 0.15) is 0 Å². The van der Waals surface area contributed by atoms with E-state index in [1.54, 1.807) is 0 Å². The van der Waals surface area contributed by atoms with Crippen molar-refractivity contribution >= 4 is 21.8 Å². The lowest BCUT2D eigenvalue weighted by atomic mass is 10.2. The maximum Gasteiger partial charge on any atom is 0.252 e. The highest BCUT2D eigenvalue weighted by Crippen LogP contribution is 2.26. The zero-order chi connectivity index (χ0) is 12.8. The van der Waals surface area contributed by atoms with Gasteiger partial charge in [0.25, 0.3) is 5.91 Å². The number of ether oxygens (including phenoxy) is 1. The van der Waals surface area contributed by atoms with Crippen molar-refractivity contribution in [1.82, 2.24) is 5.32 Å². The lowest BCUT2D eigenvalue weighted by Gasteiger charge is -2.09. The van der Waals surface area contributed by atoms with Crippen molar-refractivity contribution in [3.63, 3.8) is 0 Å².